The van der Waals surface area contributed by atoms with Crippen molar-refractivity contribution < 1.29 is 19.1 Å². The summed E-state index contributed by atoms with van der Waals surface area (Å²) in [5.74, 6) is -0.869. The second-order valence-electron chi connectivity index (χ2n) is 6.68. The molecule has 2 rings (SSSR count). The van der Waals surface area contributed by atoms with Gasteiger partial charge in [-0.05, 0) is 37.8 Å². The van der Waals surface area contributed by atoms with Crippen LogP contribution in [0.4, 0.5) is 5.69 Å². The molecule has 136 valence electrons. The predicted molar refractivity (Wildman–Crippen MR) is 95.1 cm³/mol. The number of hydrogen-bond donors (Lipinski definition) is 2. The maximum atomic E-state index is 12.4. The van der Waals surface area contributed by atoms with E-state index in [0.29, 0.717) is 30.1 Å². The minimum atomic E-state index is -0.475. The number of carbonyl (C=O) groups excluding carboxylic acids is 3. The van der Waals surface area contributed by atoms with E-state index in [4.69, 9.17) is 4.74 Å². The third-order valence-electron chi connectivity index (χ3n) is 4.17. The van der Waals surface area contributed by atoms with Crippen LogP contribution in [0.3, 0.4) is 0 Å². The molecule has 2 N–H and O–H groups in total. The Morgan fingerprint density at radius 1 is 1.16 bits per heavy atom. The van der Waals surface area contributed by atoms with Gasteiger partial charge in [0.1, 0.15) is 0 Å². The topological polar surface area (TPSA) is 84.5 Å². The minimum Gasteiger partial charge on any atom is -0.462 e. The average Bonchev–Trinajstić information content (AvgIpc) is 3.36. The Balaban J connectivity index is 1.90. The van der Waals surface area contributed by atoms with E-state index >= 15 is 0 Å². The highest BCUT2D eigenvalue weighted by atomic mass is 16.5. The zero-order chi connectivity index (χ0) is 18.4. The monoisotopic (exact) mass is 346 g/mol. The Kier molecular flexibility index (Phi) is 6.56. The fraction of sp³-hybridized carbons (Fsp3) is 0.526. The van der Waals surface area contributed by atoms with Crippen LogP contribution >= 0.6 is 0 Å². The van der Waals surface area contributed by atoms with Gasteiger partial charge >= 0.3 is 5.97 Å². The van der Waals surface area contributed by atoms with Crippen molar-refractivity contribution in [3.05, 3.63) is 29.8 Å². The molecule has 1 aromatic carbocycles. The van der Waals surface area contributed by atoms with Gasteiger partial charge in [-0.3, -0.25) is 9.59 Å². The fourth-order valence-corrected chi connectivity index (χ4v) is 2.59. The number of benzene rings is 1. The number of esters is 1. The summed E-state index contributed by atoms with van der Waals surface area (Å²) in [7, 11) is 0. The summed E-state index contributed by atoms with van der Waals surface area (Å²) >= 11 is 0. The third kappa shape index (κ3) is 5.31. The van der Waals surface area contributed by atoms with Crippen molar-refractivity contribution in [1.29, 1.82) is 0 Å². The van der Waals surface area contributed by atoms with E-state index in [1.54, 1.807) is 31.2 Å². The summed E-state index contributed by atoms with van der Waals surface area (Å²) in [5.41, 5.74) is 0.730. The smallest absolute Gasteiger partial charge is 0.340 e. The Bertz CT molecular complexity index is 642. The van der Waals surface area contributed by atoms with Crippen molar-refractivity contribution in [2.75, 3.05) is 18.5 Å². The molecule has 1 aliphatic rings. The van der Waals surface area contributed by atoms with E-state index in [9.17, 15) is 14.4 Å². The van der Waals surface area contributed by atoms with Crippen LogP contribution in [-0.4, -0.2) is 30.9 Å². The molecule has 2 atom stereocenters. The molecule has 2 amide bonds. The molecule has 25 heavy (non-hydrogen) atoms. The van der Waals surface area contributed by atoms with Gasteiger partial charge < -0.3 is 15.4 Å². The normalized spacial score (nSPS) is 18.6. The molecule has 6 nitrogen and oxygen atoms in total. The Hall–Kier alpha value is -2.37. The van der Waals surface area contributed by atoms with Crippen LogP contribution in [0.2, 0.25) is 0 Å². The molecular formula is C19H26N2O4. The number of rotatable bonds is 8. The molecule has 1 aliphatic carbocycles. The van der Waals surface area contributed by atoms with Gasteiger partial charge in [0.2, 0.25) is 11.8 Å². The Morgan fingerprint density at radius 2 is 1.84 bits per heavy atom. The lowest BCUT2D eigenvalue weighted by molar-refractivity contribution is -0.125. The van der Waals surface area contributed by atoms with Gasteiger partial charge in [-0.15, -0.1) is 0 Å². The molecule has 2 unspecified atom stereocenters. The van der Waals surface area contributed by atoms with E-state index in [0.717, 1.165) is 6.42 Å². The molecule has 0 radical (unpaired) electrons. The highest BCUT2D eigenvalue weighted by molar-refractivity contribution is 6.04. The lowest BCUT2D eigenvalue weighted by Gasteiger charge is -2.10. The van der Waals surface area contributed by atoms with Gasteiger partial charge in [-0.1, -0.05) is 26.0 Å². The number of carbonyl (C=O) groups is 3. The number of anilines is 1. The van der Waals surface area contributed by atoms with Crippen molar-refractivity contribution in [1.82, 2.24) is 5.32 Å². The molecule has 1 saturated carbocycles. The first-order valence-corrected chi connectivity index (χ1v) is 8.78. The SMILES string of the molecule is CCOC(=O)c1ccccc1NC(=O)C1CC1C(=O)NCCC(C)C. The van der Waals surface area contributed by atoms with Crippen molar-refractivity contribution in [3.63, 3.8) is 0 Å². The quantitative estimate of drug-likeness (QED) is 0.709. The molecule has 0 saturated heterocycles. The zero-order valence-corrected chi connectivity index (χ0v) is 15.0. The summed E-state index contributed by atoms with van der Waals surface area (Å²) in [6.45, 7) is 6.82. The molecule has 1 aromatic rings. The highest BCUT2D eigenvalue weighted by Gasteiger charge is 2.48. The third-order valence-corrected chi connectivity index (χ3v) is 4.17. The van der Waals surface area contributed by atoms with E-state index in [1.807, 2.05) is 0 Å². The van der Waals surface area contributed by atoms with Gasteiger partial charge in [0.05, 0.1) is 29.7 Å². The van der Waals surface area contributed by atoms with Crippen LogP contribution in [0, 0.1) is 17.8 Å². The lowest BCUT2D eigenvalue weighted by Crippen LogP contribution is -2.29. The maximum Gasteiger partial charge on any atom is 0.340 e. The molecular weight excluding hydrogens is 320 g/mol. The average molecular weight is 346 g/mol. The van der Waals surface area contributed by atoms with Crippen LogP contribution in [-0.2, 0) is 14.3 Å². The zero-order valence-electron chi connectivity index (χ0n) is 15.0. The van der Waals surface area contributed by atoms with E-state index in [-0.39, 0.29) is 30.3 Å². The summed E-state index contributed by atoms with van der Waals surface area (Å²) in [6.07, 6.45) is 1.46. The minimum absolute atomic E-state index is 0.0699. The van der Waals surface area contributed by atoms with Gasteiger partial charge in [0.25, 0.3) is 0 Å². The van der Waals surface area contributed by atoms with E-state index < -0.39 is 5.97 Å². The largest absolute Gasteiger partial charge is 0.462 e. The molecule has 6 heteroatoms. The highest BCUT2D eigenvalue weighted by Crippen LogP contribution is 2.39. The van der Waals surface area contributed by atoms with Crippen LogP contribution in [0.5, 0.6) is 0 Å². The molecule has 0 spiro atoms. The van der Waals surface area contributed by atoms with Crippen LogP contribution in [0.1, 0.15) is 44.0 Å². The predicted octanol–water partition coefficient (Wildman–Crippen LogP) is 2.60. The number of amides is 2. The fourth-order valence-electron chi connectivity index (χ4n) is 2.59. The number of ether oxygens (including phenoxy) is 1. The molecule has 0 aliphatic heterocycles. The number of para-hydroxylation sites is 1. The molecule has 0 aromatic heterocycles. The van der Waals surface area contributed by atoms with Crippen molar-refractivity contribution in [2.24, 2.45) is 17.8 Å². The summed E-state index contributed by atoms with van der Waals surface area (Å²) in [6, 6.07) is 6.71. The molecule has 0 bridgehead atoms. The second kappa shape index (κ2) is 8.65. The summed E-state index contributed by atoms with van der Waals surface area (Å²) in [4.78, 5) is 36.4. The first-order chi connectivity index (χ1) is 11.9. The standard InChI is InChI=1S/C19H26N2O4/c1-4-25-19(24)13-7-5-6-8-16(13)21-18(23)15-11-14(15)17(22)20-10-9-12(2)3/h5-8,12,14-15H,4,9-11H2,1-3H3,(H,20,22)(H,21,23). The van der Waals surface area contributed by atoms with Crippen LogP contribution in [0.25, 0.3) is 0 Å². The maximum absolute atomic E-state index is 12.4. The Labute approximate surface area is 148 Å². The second-order valence-corrected chi connectivity index (χ2v) is 6.68. The summed E-state index contributed by atoms with van der Waals surface area (Å²) in [5, 5.41) is 5.63. The van der Waals surface area contributed by atoms with Gasteiger partial charge in [0, 0.05) is 6.54 Å². The van der Waals surface area contributed by atoms with Gasteiger partial charge in [-0.2, -0.15) is 0 Å². The van der Waals surface area contributed by atoms with E-state index in [2.05, 4.69) is 24.5 Å². The molecule has 0 heterocycles. The lowest BCUT2D eigenvalue weighted by atomic mass is 10.1. The van der Waals surface area contributed by atoms with Gasteiger partial charge in [0.15, 0.2) is 0 Å². The van der Waals surface area contributed by atoms with Gasteiger partial charge in [-0.25, -0.2) is 4.79 Å². The molecule has 1 fully saturated rings. The number of hydrogen-bond acceptors (Lipinski definition) is 4. The summed E-state index contributed by atoms with van der Waals surface area (Å²) < 4.78 is 4.99. The first-order valence-electron chi connectivity index (χ1n) is 8.78. The van der Waals surface area contributed by atoms with Crippen molar-refractivity contribution >= 4 is 23.5 Å². The van der Waals surface area contributed by atoms with Crippen molar-refractivity contribution in [3.8, 4) is 0 Å². The van der Waals surface area contributed by atoms with E-state index in [1.165, 1.54) is 0 Å². The first kappa shape index (κ1) is 19.0. The number of nitrogens with one attached hydrogen (secondary N) is 2. The Morgan fingerprint density at radius 3 is 2.52 bits per heavy atom. The van der Waals surface area contributed by atoms with Crippen LogP contribution < -0.4 is 10.6 Å². The van der Waals surface area contributed by atoms with Crippen molar-refractivity contribution in [2.45, 2.75) is 33.6 Å². The van der Waals surface area contributed by atoms with Crippen LogP contribution in [0.15, 0.2) is 24.3 Å².